The zero-order valence-corrected chi connectivity index (χ0v) is 12.8. The van der Waals surface area contributed by atoms with Gasteiger partial charge in [0.1, 0.15) is 12.2 Å². The number of hydrogen-bond acceptors (Lipinski definition) is 3. The topological polar surface area (TPSA) is 42.7 Å². The maximum atomic E-state index is 4.29. The average molecular weight is 356 g/mol. The van der Waals surface area contributed by atoms with E-state index in [2.05, 4.69) is 69.2 Å². The Kier molecular flexibility index (Phi) is 4.71. The summed E-state index contributed by atoms with van der Waals surface area (Å²) >= 11 is 2.32. The van der Waals surface area contributed by atoms with Gasteiger partial charge in [-0.2, -0.15) is 5.10 Å². The highest BCUT2D eigenvalue weighted by molar-refractivity contribution is 14.1. The van der Waals surface area contributed by atoms with Crippen molar-refractivity contribution in [2.75, 3.05) is 6.54 Å². The van der Waals surface area contributed by atoms with E-state index in [9.17, 15) is 0 Å². The minimum Gasteiger partial charge on any atom is -0.310 e. The van der Waals surface area contributed by atoms with E-state index in [1.807, 2.05) is 11.7 Å². The summed E-state index contributed by atoms with van der Waals surface area (Å²) in [6.45, 7) is 3.06. The second kappa shape index (κ2) is 6.29. The average Bonchev–Trinajstić information content (AvgIpc) is 2.76. The van der Waals surface area contributed by atoms with Crippen LogP contribution in [0.4, 0.5) is 0 Å². The van der Waals surface area contributed by atoms with Crippen LogP contribution in [0.3, 0.4) is 0 Å². The molecule has 0 fully saturated rings. The minimum atomic E-state index is 0.287. The number of aryl methyl sites for hydroxylation is 1. The van der Waals surface area contributed by atoms with Gasteiger partial charge in [0.25, 0.3) is 0 Å². The minimum absolute atomic E-state index is 0.287. The first-order valence-corrected chi connectivity index (χ1v) is 7.10. The number of hydrogen-bond donors (Lipinski definition) is 1. The highest BCUT2D eigenvalue weighted by atomic mass is 127. The molecule has 4 nitrogen and oxygen atoms in total. The van der Waals surface area contributed by atoms with Gasteiger partial charge in [0.05, 0.1) is 0 Å². The third-order valence-electron chi connectivity index (χ3n) is 2.91. The molecule has 1 aromatic carbocycles. The lowest BCUT2D eigenvalue weighted by atomic mass is 10.0. The van der Waals surface area contributed by atoms with Crippen LogP contribution >= 0.6 is 22.6 Å². The van der Waals surface area contributed by atoms with Crippen molar-refractivity contribution in [2.45, 2.75) is 19.4 Å². The third-order valence-corrected chi connectivity index (χ3v) is 3.63. The lowest BCUT2D eigenvalue weighted by Gasteiger charge is -2.17. The molecule has 18 heavy (non-hydrogen) atoms. The highest BCUT2D eigenvalue weighted by Gasteiger charge is 2.13. The highest BCUT2D eigenvalue weighted by Crippen LogP contribution is 2.18. The van der Waals surface area contributed by atoms with Crippen molar-refractivity contribution in [3.63, 3.8) is 0 Å². The lowest BCUT2D eigenvalue weighted by Crippen LogP contribution is -2.24. The van der Waals surface area contributed by atoms with Crippen LogP contribution in [0.5, 0.6) is 0 Å². The number of aromatic nitrogens is 3. The van der Waals surface area contributed by atoms with Gasteiger partial charge in [-0.3, -0.25) is 4.68 Å². The molecule has 2 aromatic rings. The van der Waals surface area contributed by atoms with Gasteiger partial charge in [0, 0.05) is 23.1 Å². The summed E-state index contributed by atoms with van der Waals surface area (Å²) in [5.74, 6) is 1.000. The van der Waals surface area contributed by atoms with Crippen LogP contribution in [0.1, 0.15) is 24.4 Å². The van der Waals surface area contributed by atoms with E-state index < -0.39 is 0 Å². The van der Waals surface area contributed by atoms with Crippen molar-refractivity contribution in [1.82, 2.24) is 20.1 Å². The number of rotatable bonds is 5. The Morgan fingerprint density at radius 3 is 2.61 bits per heavy atom. The lowest BCUT2D eigenvalue weighted by molar-refractivity contribution is 0.522. The van der Waals surface area contributed by atoms with E-state index in [0.717, 1.165) is 18.8 Å². The molecule has 0 aliphatic rings. The molecule has 0 aliphatic heterocycles. The first-order valence-electron chi connectivity index (χ1n) is 6.02. The van der Waals surface area contributed by atoms with Gasteiger partial charge in [-0.05, 0) is 46.8 Å². The standard InChI is InChI=1S/C13H17IN4/c1-3-15-12(8-13-16-9-17-18(13)2)10-4-6-11(14)7-5-10/h4-7,9,12,15H,3,8H2,1-2H3. The van der Waals surface area contributed by atoms with Crippen molar-refractivity contribution in [2.24, 2.45) is 7.05 Å². The number of nitrogens with zero attached hydrogens (tertiary/aromatic N) is 3. The number of halogens is 1. The van der Waals surface area contributed by atoms with E-state index in [0.29, 0.717) is 0 Å². The zero-order valence-electron chi connectivity index (χ0n) is 10.6. The fraction of sp³-hybridized carbons (Fsp3) is 0.385. The summed E-state index contributed by atoms with van der Waals surface area (Å²) in [6.07, 6.45) is 2.46. The van der Waals surface area contributed by atoms with Crippen LogP contribution in [0.15, 0.2) is 30.6 Å². The summed E-state index contributed by atoms with van der Waals surface area (Å²) in [5, 5.41) is 7.61. The van der Waals surface area contributed by atoms with Crippen LogP contribution in [0.25, 0.3) is 0 Å². The number of benzene rings is 1. The molecular weight excluding hydrogens is 339 g/mol. The molecule has 0 saturated heterocycles. The normalized spacial score (nSPS) is 12.6. The molecule has 0 bridgehead atoms. The summed E-state index contributed by atoms with van der Waals surface area (Å²) in [7, 11) is 1.93. The smallest absolute Gasteiger partial charge is 0.138 e. The second-order valence-corrected chi connectivity index (χ2v) is 5.41. The van der Waals surface area contributed by atoms with Crippen LogP contribution in [0, 0.1) is 3.57 Å². The Labute approximate surface area is 121 Å². The van der Waals surface area contributed by atoms with E-state index >= 15 is 0 Å². The zero-order chi connectivity index (χ0) is 13.0. The van der Waals surface area contributed by atoms with E-state index in [-0.39, 0.29) is 6.04 Å². The molecule has 1 heterocycles. The fourth-order valence-electron chi connectivity index (χ4n) is 1.94. The Morgan fingerprint density at radius 2 is 2.06 bits per heavy atom. The summed E-state index contributed by atoms with van der Waals surface area (Å²) in [6, 6.07) is 8.90. The van der Waals surface area contributed by atoms with Crippen LogP contribution in [-0.2, 0) is 13.5 Å². The SMILES string of the molecule is CCNC(Cc1ncnn1C)c1ccc(I)cc1. The van der Waals surface area contributed by atoms with E-state index in [4.69, 9.17) is 0 Å². The molecule has 5 heteroatoms. The molecular formula is C13H17IN4. The molecule has 1 atom stereocenters. The maximum Gasteiger partial charge on any atom is 0.138 e. The maximum absolute atomic E-state index is 4.29. The summed E-state index contributed by atoms with van der Waals surface area (Å²) in [5.41, 5.74) is 1.29. The van der Waals surface area contributed by atoms with Crippen molar-refractivity contribution in [3.8, 4) is 0 Å². The van der Waals surface area contributed by atoms with Gasteiger partial charge in [-0.1, -0.05) is 19.1 Å². The Bertz CT molecular complexity index is 492. The van der Waals surface area contributed by atoms with Gasteiger partial charge in [0.15, 0.2) is 0 Å². The molecule has 96 valence electrons. The fourth-order valence-corrected chi connectivity index (χ4v) is 2.30. The predicted molar refractivity (Wildman–Crippen MR) is 80.3 cm³/mol. The van der Waals surface area contributed by atoms with Gasteiger partial charge in [0.2, 0.25) is 0 Å². The molecule has 0 saturated carbocycles. The van der Waals surface area contributed by atoms with E-state index in [1.54, 1.807) is 6.33 Å². The van der Waals surface area contributed by atoms with Gasteiger partial charge >= 0.3 is 0 Å². The third kappa shape index (κ3) is 3.29. The summed E-state index contributed by atoms with van der Waals surface area (Å²) in [4.78, 5) is 4.29. The summed E-state index contributed by atoms with van der Waals surface area (Å²) < 4.78 is 3.09. The molecule has 0 amide bonds. The molecule has 1 N–H and O–H groups in total. The predicted octanol–water partition coefficient (Wildman–Crippen LogP) is 2.31. The molecule has 2 rings (SSSR count). The first kappa shape index (κ1) is 13.5. The van der Waals surface area contributed by atoms with Gasteiger partial charge < -0.3 is 5.32 Å². The first-order chi connectivity index (χ1) is 8.70. The number of likely N-dealkylation sites (N-methyl/N-ethyl adjacent to an activating group) is 1. The van der Waals surface area contributed by atoms with Crippen molar-refractivity contribution in [1.29, 1.82) is 0 Å². The van der Waals surface area contributed by atoms with Gasteiger partial charge in [-0.15, -0.1) is 0 Å². The Balaban J connectivity index is 2.18. The molecule has 1 aromatic heterocycles. The monoisotopic (exact) mass is 356 g/mol. The van der Waals surface area contributed by atoms with Crippen molar-refractivity contribution in [3.05, 3.63) is 45.6 Å². The molecule has 0 spiro atoms. The van der Waals surface area contributed by atoms with Crippen molar-refractivity contribution < 1.29 is 0 Å². The second-order valence-electron chi connectivity index (χ2n) is 4.17. The van der Waals surface area contributed by atoms with E-state index in [1.165, 1.54) is 9.13 Å². The largest absolute Gasteiger partial charge is 0.310 e. The molecule has 0 radical (unpaired) electrons. The number of nitrogens with one attached hydrogen (secondary N) is 1. The Morgan fingerprint density at radius 1 is 1.33 bits per heavy atom. The Hall–Kier alpha value is -0.950. The van der Waals surface area contributed by atoms with Crippen LogP contribution in [-0.4, -0.2) is 21.3 Å². The molecule has 1 unspecified atom stereocenters. The molecule has 0 aliphatic carbocycles. The van der Waals surface area contributed by atoms with Crippen LogP contribution in [0.2, 0.25) is 0 Å². The van der Waals surface area contributed by atoms with Crippen molar-refractivity contribution >= 4 is 22.6 Å². The van der Waals surface area contributed by atoms with Gasteiger partial charge in [-0.25, -0.2) is 4.98 Å². The quantitative estimate of drug-likeness (QED) is 0.837. The van der Waals surface area contributed by atoms with Crippen LogP contribution < -0.4 is 5.32 Å².